The van der Waals surface area contributed by atoms with E-state index < -0.39 is 0 Å². The average Bonchev–Trinajstić information content (AvgIpc) is 0. The molecule has 7 heavy (non-hydrogen) atoms. The van der Waals surface area contributed by atoms with Gasteiger partial charge in [-0.15, -0.1) is 0 Å². The Morgan fingerprint density at radius 3 is 0.571 bits per heavy atom. The summed E-state index contributed by atoms with van der Waals surface area (Å²) < 4.78 is 0. The summed E-state index contributed by atoms with van der Waals surface area (Å²) in [4.78, 5) is 0. The third-order valence-electron chi connectivity index (χ3n) is 0. The fourth-order valence-electron chi connectivity index (χ4n) is 0. The molecule has 3 radical (unpaired) electrons. The molecule has 41 valence electrons. The van der Waals surface area contributed by atoms with Crippen molar-refractivity contribution >= 4 is 40.5 Å². The maximum absolute atomic E-state index is 0. The zero-order valence-corrected chi connectivity index (χ0v) is 18.2. The van der Waals surface area contributed by atoms with Crippen LogP contribution in [0.2, 0.25) is 0 Å². The predicted molar refractivity (Wildman–Crippen MR) is 31.1 cm³/mol. The van der Waals surface area contributed by atoms with Crippen LogP contribution in [0.15, 0.2) is 0 Å². The monoisotopic (exact) mass is 577 g/mol. The van der Waals surface area contributed by atoms with Crippen molar-refractivity contribution in [1.29, 1.82) is 0 Å². The van der Waals surface area contributed by atoms with E-state index in [9.17, 15) is 0 Å². The Morgan fingerprint density at radius 2 is 0.571 bits per heavy atom. The fraction of sp³-hybridized carbons (Fsp3) is 0. The minimum Gasteiger partial charge on any atom is -0.197 e. The maximum atomic E-state index is 0. The van der Waals surface area contributed by atoms with Crippen LogP contribution < -0.4 is 0 Å². The molecule has 0 saturated carbocycles. The molecule has 0 spiro atoms. The molecule has 0 saturated heterocycles. The third-order valence-corrected chi connectivity index (χ3v) is 0. The Balaban J connectivity index is 0. The van der Waals surface area contributed by atoms with Gasteiger partial charge in [-0.05, 0) is 0 Å². The molecule has 0 aliphatic rings. The van der Waals surface area contributed by atoms with E-state index >= 15 is 0 Å². The smallest absolute Gasteiger partial charge is 0 e. The van der Waals surface area contributed by atoms with E-state index in [-0.39, 0.29) is 181 Å². The molecule has 0 N–H and O–H groups in total. The SMILES string of the molecule is S.S.S.[Gd].[La].[Y].[Y]. The quantitative estimate of drug-likeness (QED) is 0.391. The first-order valence-corrected chi connectivity index (χ1v) is 0. The zero-order valence-electron chi connectivity index (χ0n) is 3.59. The second-order valence-corrected chi connectivity index (χ2v) is 0. The Labute approximate surface area is 176 Å². The molecule has 0 aromatic heterocycles. The van der Waals surface area contributed by atoms with E-state index in [2.05, 4.69) is 0 Å². The number of rotatable bonds is 0. The van der Waals surface area contributed by atoms with Gasteiger partial charge < -0.3 is 0 Å². The van der Waals surface area contributed by atoms with Gasteiger partial charge in [-0.3, -0.25) is 0 Å². The predicted octanol–water partition coefficient (Wildman–Crippen LogP) is 0.333. The molecule has 0 amide bonds. The summed E-state index contributed by atoms with van der Waals surface area (Å²) in [7, 11) is 0. The summed E-state index contributed by atoms with van der Waals surface area (Å²) in [6.45, 7) is 0. The minimum atomic E-state index is 0. The van der Waals surface area contributed by atoms with Gasteiger partial charge in [0.1, 0.15) is 0 Å². The third kappa shape index (κ3) is 33.7. The van der Waals surface area contributed by atoms with Crippen molar-refractivity contribution < 1.29 is 141 Å². The molecular weight excluding hydrogens is 570 g/mol. The first-order valence-electron chi connectivity index (χ1n) is 0. The maximum Gasteiger partial charge on any atom is 0 e. The Hall–Kier alpha value is 5.78. The number of hydrogen-bond acceptors (Lipinski definition) is 0. The van der Waals surface area contributed by atoms with Crippen molar-refractivity contribution in [2.75, 3.05) is 0 Å². The molecule has 0 fully saturated rings. The van der Waals surface area contributed by atoms with Gasteiger partial charge in [-0.25, -0.2) is 0 Å². The van der Waals surface area contributed by atoms with Gasteiger partial charge in [0.25, 0.3) is 0 Å². The van der Waals surface area contributed by atoms with Crippen molar-refractivity contribution in [2.24, 2.45) is 0 Å². The van der Waals surface area contributed by atoms with Crippen LogP contribution in [0.5, 0.6) is 0 Å². The van der Waals surface area contributed by atoms with Gasteiger partial charge in [-0.2, -0.15) is 40.5 Å². The molecule has 0 aromatic carbocycles. The van der Waals surface area contributed by atoms with Crippen LogP contribution >= 0.6 is 40.5 Å². The second kappa shape index (κ2) is 41.0. The fourth-order valence-corrected chi connectivity index (χ4v) is 0. The van der Waals surface area contributed by atoms with Crippen LogP contribution in [0.1, 0.15) is 0 Å². The molecule has 0 unspecified atom stereocenters. The van der Waals surface area contributed by atoms with Crippen LogP contribution in [0, 0.1) is 75.5 Å². The van der Waals surface area contributed by atoms with E-state index in [0.717, 1.165) is 0 Å². The van der Waals surface area contributed by atoms with Gasteiger partial charge in [0.15, 0.2) is 0 Å². The van der Waals surface area contributed by atoms with E-state index in [1.54, 1.807) is 0 Å². The minimum absolute atomic E-state index is 0. The van der Waals surface area contributed by atoms with Crippen molar-refractivity contribution in [3.8, 4) is 0 Å². The van der Waals surface area contributed by atoms with Crippen molar-refractivity contribution in [3.05, 3.63) is 0 Å². The van der Waals surface area contributed by atoms with E-state index in [1.165, 1.54) is 0 Å². The second-order valence-electron chi connectivity index (χ2n) is 0. The van der Waals surface area contributed by atoms with Crippen LogP contribution in [-0.4, -0.2) is 0 Å². The summed E-state index contributed by atoms with van der Waals surface area (Å²) in [6, 6.07) is 0. The normalized spacial score (nSPS) is 0. The topological polar surface area (TPSA) is 0 Å². The van der Waals surface area contributed by atoms with Gasteiger partial charge >= 0.3 is 0 Å². The van der Waals surface area contributed by atoms with Crippen LogP contribution in [0.3, 0.4) is 0 Å². The summed E-state index contributed by atoms with van der Waals surface area (Å²) in [5.74, 6) is 0. The first-order chi connectivity index (χ1) is 0. The average molecular weight is 576 g/mol. The molecule has 0 rings (SSSR count). The molecule has 0 nitrogen and oxygen atoms in total. The molecule has 7 heteroatoms. The van der Waals surface area contributed by atoms with Crippen LogP contribution in [-0.2, 0) is 65.4 Å². The molecule has 0 bridgehead atoms. The van der Waals surface area contributed by atoms with Gasteiger partial charge in [-0.1, -0.05) is 0 Å². The van der Waals surface area contributed by atoms with Crippen molar-refractivity contribution in [1.82, 2.24) is 0 Å². The zero-order chi connectivity index (χ0) is 0. The Morgan fingerprint density at radius 1 is 0.571 bits per heavy atom. The summed E-state index contributed by atoms with van der Waals surface area (Å²) >= 11 is 0. The molecule has 0 aliphatic heterocycles. The number of hydrogen-bond donors (Lipinski definition) is 0. The van der Waals surface area contributed by atoms with Crippen molar-refractivity contribution in [3.63, 3.8) is 0 Å². The van der Waals surface area contributed by atoms with Crippen LogP contribution in [0.25, 0.3) is 0 Å². The van der Waals surface area contributed by atoms with Gasteiger partial charge in [0.2, 0.25) is 0 Å². The van der Waals surface area contributed by atoms with Gasteiger partial charge in [0, 0.05) is 141 Å². The van der Waals surface area contributed by atoms with E-state index in [1.807, 2.05) is 0 Å². The molecule has 0 atom stereocenters. The Bertz CT molecular complexity index is 12.9. The molecule has 0 aromatic rings. The van der Waals surface area contributed by atoms with Crippen molar-refractivity contribution in [2.45, 2.75) is 0 Å². The summed E-state index contributed by atoms with van der Waals surface area (Å²) in [5.41, 5.74) is 0. The molecule has 0 aliphatic carbocycles. The van der Waals surface area contributed by atoms with Gasteiger partial charge in [0.05, 0.1) is 0 Å². The molecular formula is H6GdLaS3Y2. The molecule has 0 heterocycles. The largest absolute Gasteiger partial charge is 0.197 e. The summed E-state index contributed by atoms with van der Waals surface area (Å²) in [6.07, 6.45) is 0. The standard InChI is InChI=1S/Gd.La.3H2S.2Y/h;;3*1H2;;. The summed E-state index contributed by atoms with van der Waals surface area (Å²) in [5, 5.41) is 0. The first kappa shape index (κ1) is 53.1. The van der Waals surface area contributed by atoms with E-state index in [4.69, 9.17) is 0 Å². The van der Waals surface area contributed by atoms with E-state index in [0.29, 0.717) is 0 Å². The Kier molecular flexibility index (Phi) is 311. The van der Waals surface area contributed by atoms with Crippen LogP contribution in [0.4, 0.5) is 0 Å².